The van der Waals surface area contributed by atoms with Gasteiger partial charge < -0.3 is 5.11 Å². The van der Waals surface area contributed by atoms with Gasteiger partial charge in [-0.3, -0.25) is 15.1 Å². The van der Waals surface area contributed by atoms with E-state index in [9.17, 15) is 9.90 Å². The van der Waals surface area contributed by atoms with Crippen LogP contribution in [0.1, 0.15) is 52.4 Å². The van der Waals surface area contributed by atoms with Crippen LogP contribution >= 0.6 is 11.6 Å². The lowest BCUT2D eigenvalue weighted by molar-refractivity contribution is 0.0932. The Kier molecular flexibility index (Phi) is 7.52. The van der Waals surface area contributed by atoms with Gasteiger partial charge in [0.15, 0.2) is 0 Å². The van der Waals surface area contributed by atoms with Gasteiger partial charge in [-0.2, -0.15) is 0 Å². The van der Waals surface area contributed by atoms with Gasteiger partial charge in [-0.15, -0.1) is 0 Å². The summed E-state index contributed by atoms with van der Waals surface area (Å²) >= 11 is 5.93. The summed E-state index contributed by atoms with van der Waals surface area (Å²) in [6.07, 6.45) is 3.69. The summed E-state index contributed by atoms with van der Waals surface area (Å²) in [4.78, 5) is 15.1. The van der Waals surface area contributed by atoms with Crippen molar-refractivity contribution in [1.29, 1.82) is 0 Å². The van der Waals surface area contributed by atoms with E-state index in [1.165, 1.54) is 59.4 Å². The van der Waals surface area contributed by atoms with Crippen molar-refractivity contribution in [3.8, 4) is 5.75 Å². The molecule has 5 rings (SSSR count). The SMILES string of the molecule is O=C(NNCc1ccc(CN2CCCCC2c2ccccc2)c2ccccc12)c1ccc(O)c(Cl)c1. The highest BCUT2D eigenvalue weighted by Gasteiger charge is 2.24. The van der Waals surface area contributed by atoms with Crippen LogP contribution in [0.25, 0.3) is 10.8 Å². The van der Waals surface area contributed by atoms with Gasteiger partial charge >= 0.3 is 0 Å². The Balaban J connectivity index is 1.31. The summed E-state index contributed by atoms with van der Waals surface area (Å²) in [7, 11) is 0. The maximum absolute atomic E-state index is 12.5. The molecule has 0 spiro atoms. The second-order valence-electron chi connectivity index (χ2n) is 9.30. The Hall–Kier alpha value is -3.38. The van der Waals surface area contributed by atoms with Crippen molar-refractivity contribution in [3.05, 3.63) is 112 Å². The minimum atomic E-state index is -0.310. The number of amides is 1. The number of hydrogen-bond donors (Lipinski definition) is 3. The lowest BCUT2D eigenvalue weighted by Crippen LogP contribution is -2.36. The number of likely N-dealkylation sites (tertiary alicyclic amines) is 1. The summed E-state index contributed by atoms with van der Waals surface area (Å²) in [5.41, 5.74) is 9.96. The molecule has 6 heteroatoms. The van der Waals surface area contributed by atoms with Crippen molar-refractivity contribution in [2.45, 2.75) is 38.4 Å². The zero-order chi connectivity index (χ0) is 24.9. The zero-order valence-electron chi connectivity index (χ0n) is 20.1. The van der Waals surface area contributed by atoms with Crippen LogP contribution in [0.3, 0.4) is 0 Å². The van der Waals surface area contributed by atoms with E-state index in [1.54, 1.807) is 0 Å². The number of nitrogens with zero attached hydrogens (tertiary/aromatic N) is 1. The van der Waals surface area contributed by atoms with Crippen LogP contribution in [0, 0.1) is 0 Å². The van der Waals surface area contributed by atoms with E-state index in [1.807, 2.05) is 0 Å². The highest BCUT2D eigenvalue weighted by molar-refractivity contribution is 6.32. The molecule has 0 bridgehead atoms. The molecule has 4 aromatic carbocycles. The lowest BCUT2D eigenvalue weighted by atomic mass is 9.93. The highest BCUT2D eigenvalue weighted by Crippen LogP contribution is 2.33. The molecular formula is C30H30ClN3O2. The van der Waals surface area contributed by atoms with Crippen molar-refractivity contribution < 1.29 is 9.90 Å². The maximum Gasteiger partial charge on any atom is 0.265 e. The van der Waals surface area contributed by atoms with Crippen molar-refractivity contribution >= 4 is 28.3 Å². The third-order valence-electron chi connectivity index (χ3n) is 6.97. The van der Waals surface area contributed by atoms with E-state index < -0.39 is 0 Å². The first-order chi connectivity index (χ1) is 17.6. The monoisotopic (exact) mass is 499 g/mol. The standard InChI is InChI=1S/C30H30ClN3O2/c31-27-18-22(15-16-29(27)35)30(36)33-32-19-23-13-14-24(26-11-5-4-10-25(23)26)20-34-17-7-6-12-28(34)21-8-2-1-3-9-21/h1-5,8-11,13-16,18,28,32,35H,6-7,12,17,19-20H2,(H,33,36). The minimum absolute atomic E-state index is 0.0487. The van der Waals surface area contributed by atoms with Gasteiger partial charge in [-0.25, -0.2) is 5.43 Å². The van der Waals surface area contributed by atoms with Gasteiger partial charge in [0, 0.05) is 24.7 Å². The predicted octanol–water partition coefficient (Wildman–Crippen LogP) is 6.36. The van der Waals surface area contributed by atoms with Crippen LogP contribution in [0.4, 0.5) is 0 Å². The number of hydrogen-bond acceptors (Lipinski definition) is 4. The first kappa shape index (κ1) is 24.3. The van der Waals surface area contributed by atoms with Crippen molar-refractivity contribution in [1.82, 2.24) is 15.8 Å². The molecule has 1 heterocycles. The second kappa shape index (κ2) is 11.1. The molecule has 3 N–H and O–H groups in total. The molecule has 4 aromatic rings. The van der Waals surface area contributed by atoms with Crippen LogP contribution in [0.2, 0.25) is 5.02 Å². The Labute approximate surface area is 216 Å². The number of halogens is 1. The highest BCUT2D eigenvalue weighted by atomic mass is 35.5. The Morgan fingerprint density at radius 1 is 0.917 bits per heavy atom. The summed E-state index contributed by atoms with van der Waals surface area (Å²) in [6.45, 7) is 2.49. The Bertz CT molecular complexity index is 1360. The molecule has 1 saturated heterocycles. The maximum atomic E-state index is 12.5. The number of nitrogens with one attached hydrogen (secondary N) is 2. The quantitative estimate of drug-likeness (QED) is 0.259. The third kappa shape index (κ3) is 5.39. The molecule has 0 aromatic heterocycles. The fraction of sp³-hybridized carbons (Fsp3) is 0.233. The summed E-state index contributed by atoms with van der Waals surface area (Å²) in [5.74, 6) is -0.359. The molecule has 0 radical (unpaired) electrons. The summed E-state index contributed by atoms with van der Waals surface area (Å²) in [6, 6.07) is 28.5. The topological polar surface area (TPSA) is 64.6 Å². The average Bonchev–Trinajstić information content (AvgIpc) is 2.92. The first-order valence-electron chi connectivity index (χ1n) is 12.4. The lowest BCUT2D eigenvalue weighted by Gasteiger charge is -2.36. The van der Waals surface area contributed by atoms with E-state index in [0.717, 1.165) is 18.7 Å². The van der Waals surface area contributed by atoms with Gasteiger partial charge in [0.2, 0.25) is 0 Å². The average molecular weight is 500 g/mol. The number of rotatable bonds is 7. The molecule has 1 unspecified atom stereocenters. The molecule has 1 fully saturated rings. The second-order valence-corrected chi connectivity index (χ2v) is 9.70. The summed E-state index contributed by atoms with van der Waals surface area (Å²) < 4.78 is 0. The van der Waals surface area contributed by atoms with Crippen LogP contribution in [0.5, 0.6) is 5.75 Å². The smallest absolute Gasteiger partial charge is 0.265 e. The molecule has 36 heavy (non-hydrogen) atoms. The van der Waals surface area contributed by atoms with Gasteiger partial charge in [-0.05, 0) is 65.0 Å². The number of fused-ring (bicyclic) bond motifs is 1. The molecule has 184 valence electrons. The molecule has 1 aliphatic rings. The van der Waals surface area contributed by atoms with Crippen molar-refractivity contribution in [3.63, 3.8) is 0 Å². The van der Waals surface area contributed by atoms with Gasteiger partial charge in [0.05, 0.1) is 5.02 Å². The van der Waals surface area contributed by atoms with Crippen molar-refractivity contribution in [2.75, 3.05) is 6.54 Å². The molecule has 5 nitrogen and oxygen atoms in total. The van der Waals surface area contributed by atoms with Gasteiger partial charge in [0.25, 0.3) is 5.91 Å². The molecule has 1 atom stereocenters. The van der Waals surface area contributed by atoms with E-state index in [2.05, 4.69) is 82.5 Å². The number of benzene rings is 4. The van der Waals surface area contributed by atoms with Crippen LogP contribution in [0.15, 0.2) is 84.9 Å². The normalized spacial score (nSPS) is 16.2. The van der Waals surface area contributed by atoms with Gasteiger partial charge in [-0.1, -0.05) is 84.8 Å². The van der Waals surface area contributed by atoms with E-state index in [0.29, 0.717) is 18.2 Å². The minimum Gasteiger partial charge on any atom is -0.506 e. The Morgan fingerprint density at radius 2 is 1.64 bits per heavy atom. The predicted molar refractivity (Wildman–Crippen MR) is 145 cm³/mol. The largest absolute Gasteiger partial charge is 0.506 e. The molecule has 1 aliphatic heterocycles. The number of hydrazine groups is 1. The van der Waals surface area contributed by atoms with Gasteiger partial charge in [0.1, 0.15) is 5.75 Å². The fourth-order valence-electron chi connectivity index (χ4n) is 5.11. The van der Waals surface area contributed by atoms with E-state index >= 15 is 0 Å². The third-order valence-corrected chi connectivity index (χ3v) is 7.27. The number of carbonyl (C=O) groups excluding carboxylic acids is 1. The molecular weight excluding hydrogens is 470 g/mol. The molecule has 0 saturated carbocycles. The number of carbonyl (C=O) groups is 1. The fourth-order valence-corrected chi connectivity index (χ4v) is 5.29. The van der Waals surface area contributed by atoms with E-state index in [-0.39, 0.29) is 16.7 Å². The zero-order valence-corrected chi connectivity index (χ0v) is 20.8. The van der Waals surface area contributed by atoms with Crippen molar-refractivity contribution in [2.24, 2.45) is 0 Å². The first-order valence-corrected chi connectivity index (χ1v) is 12.8. The Morgan fingerprint density at radius 3 is 2.42 bits per heavy atom. The van der Waals surface area contributed by atoms with Crippen LogP contribution in [-0.2, 0) is 13.1 Å². The number of piperidine rings is 1. The number of phenols is 1. The number of phenolic OH excluding ortho intramolecular Hbond substituents is 1. The van der Waals surface area contributed by atoms with Crippen LogP contribution in [-0.4, -0.2) is 22.5 Å². The molecule has 1 amide bonds. The summed E-state index contributed by atoms with van der Waals surface area (Å²) in [5, 5.41) is 12.1. The number of aromatic hydroxyl groups is 1. The van der Waals surface area contributed by atoms with E-state index in [4.69, 9.17) is 11.6 Å². The molecule has 0 aliphatic carbocycles. The van der Waals surface area contributed by atoms with Crippen LogP contribution < -0.4 is 10.9 Å².